The van der Waals surface area contributed by atoms with Crippen LogP contribution in [-0.2, 0) is 9.59 Å². The van der Waals surface area contributed by atoms with Crippen LogP contribution >= 0.6 is 0 Å². The fourth-order valence-electron chi connectivity index (χ4n) is 4.43. The lowest BCUT2D eigenvalue weighted by molar-refractivity contribution is -0.136. The SMILES string of the molecule is CCC1CCC2(CC1)NC(=O)N(CC(=O)NCCC1=CCCCC1)C2=O. The van der Waals surface area contributed by atoms with Crippen LogP contribution in [0.2, 0.25) is 0 Å². The van der Waals surface area contributed by atoms with Crippen LogP contribution < -0.4 is 10.6 Å². The first-order chi connectivity index (χ1) is 12.5. The van der Waals surface area contributed by atoms with E-state index in [4.69, 9.17) is 0 Å². The second kappa shape index (κ2) is 8.23. The Labute approximate surface area is 155 Å². The lowest BCUT2D eigenvalue weighted by Crippen LogP contribution is -2.50. The van der Waals surface area contributed by atoms with Gasteiger partial charge in [0.1, 0.15) is 12.1 Å². The lowest BCUT2D eigenvalue weighted by atomic mass is 9.75. The number of rotatable bonds is 6. The summed E-state index contributed by atoms with van der Waals surface area (Å²) in [6.07, 6.45) is 12.2. The van der Waals surface area contributed by atoms with E-state index in [9.17, 15) is 14.4 Å². The van der Waals surface area contributed by atoms with E-state index in [2.05, 4.69) is 23.6 Å². The minimum atomic E-state index is -0.768. The third-order valence-electron chi connectivity index (χ3n) is 6.24. The Bertz CT molecular complexity index is 591. The minimum absolute atomic E-state index is 0.178. The number of hydrogen-bond acceptors (Lipinski definition) is 3. The number of carbonyl (C=O) groups excluding carboxylic acids is 3. The van der Waals surface area contributed by atoms with Gasteiger partial charge in [-0.1, -0.05) is 25.0 Å². The van der Waals surface area contributed by atoms with Gasteiger partial charge in [0, 0.05) is 6.54 Å². The summed E-state index contributed by atoms with van der Waals surface area (Å²) in [5, 5.41) is 5.73. The Balaban J connectivity index is 1.48. The van der Waals surface area contributed by atoms with Gasteiger partial charge in [0.15, 0.2) is 0 Å². The molecule has 6 nitrogen and oxygen atoms in total. The zero-order valence-corrected chi connectivity index (χ0v) is 15.8. The number of hydrogen-bond donors (Lipinski definition) is 2. The molecule has 2 aliphatic carbocycles. The molecule has 0 aromatic rings. The number of urea groups is 1. The van der Waals surface area contributed by atoms with Gasteiger partial charge in [0.05, 0.1) is 0 Å². The molecule has 2 N–H and O–H groups in total. The van der Waals surface area contributed by atoms with Crippen LogP contribution in [0.25, 0.3) is 0 Å². The number of carbonyl (C=O) groups is 3. The van der Waals surface area contributed by atoms with E-state index in [-0.39, 0.29) is 18.4 Å². The van der Waals surface area contributed by atoms with Crippen molar-refractivity contribution in [1.82, 2.24) is 15.5 Å². The van der Waals surface area contributed by atoms with Gasteiger partial charge >= 0.3 is 6.03 Å². The lowest BCUT2D eigenvalue weighted by Gasteiger charge is -2.34. The predicted molar refractivity (Wildman–Crippen MR) is 99.4 cm³/mol. The van der Waals surface area contributed by atoms with Gasteiger partial charge in [0.25, 0.3) is 5.91 Å². The second-order valence-corrected chi connectivity index (χ2v) is 7.96. The minimum Gasteiger partial charge on any atom is -0.354 e. The van der Waals surface area contributed by atoms with Crippen molar-refractivity contribution >= 4 is 17.8 Å². The van der Waals surface area contributed by atoms with E-state index in [1.165, 1.54) is 18.4 Å². The number of nitrogens with zero attached hydrogens (tertiary/aromatic N) is 1. The van der Waals surface area contributed by atoms with Gasteiger partial charge in [-0.15, -0.1) is 0 Å². The quantitative estimate of drug-likeness (QED) is 0.564. The third-order valence-corrected chi connectivity index (χ3v) is 6.24. The molecular formula is C20H31N3O3. The Morgan fingerprint density at radius 1 is 1.31 bits per heavy atom. The Morgan fingerprint density at radius 3 is 2.73 bits per heavy atom. The Hall–Kier alpha value is -1.85. The molecule has 0 bridgehead atoms. The van der Waals surface area contributed by atoms with Crippen LogP contribution in [0.4, 0.5) is 4.79 Å². The van der Waals surface area contributed by atoms with Crippen molar-refractivity contribution < 1.29 is 14.4 Å². The van der Waals surface area contributed by atoms with Gasteiger partial charge in [-0.05, 0) is 63.7 Å². The molecule has 0 aromatic carbocycles. The number of imide groups is 1. The topological polar surface area (TPSA) is 78.5 Å². The van der Waals surface area contributed by atoms with Gasteiger partial charge < -0.3 is 10.6 Å². The smallest absolute Gasteiger partial charge is 0.325 e. The van der Waals surface area contributed by atoms with Gasteiger partial charge in [0.2, 0.25) is 5.91 Å². The Kier molecular flexibility index (Phi) is 5.99. The summed E-state index contributed by atoms with van der Waals surface area (Å²) in [4.78, 5) is 38.4. The zero-order chi connectivity index (χ0) is 18.6. The summed E-state index contributed by atoms with van der Waals surface area (Å²) in [7, 11) is 0. The largest absolute Gasteiger partial charge is 0.354 e. The fourth-order valence-corrected chi connectivity index (χ4v) is 4.43. The van der Waals surface area contributed by atoms with Crippen molar-refractivity contribution in [3.05, 3.63) is 11.6 Å². The molecule has 3 aliphatic rings. The standard InChI is InChI=1S/C20H31N3O3/c1-2-15-8-11-20(12-9-15)18(25)23(19(26)22-20)14-17(24)21-13-10-16-6-4-3-5-7-16/h6,15H,2-5,7-14H2,1H3,(H,21,24)(H,22,26). The molecule has 0 radical (unpaired) electrons. The van der Waals surface area contributed by atoms with Crippen LogP contribution in [0.5, 0.6) is 0 Å². The molecule has 0 aromatic heterocycles. The highest BCUT2D eigenvalue weighted by Crippen LogP contribution is 2.37. The van der Waals surface area contributed by atoms with Crippen LogP contribution in [0.1, 0.15) is 71.1 Å². The van der Waals surface area contributed by atoms with E-state index in [1.54, 1.807) is 0 Å². The monoisotopic (exact) mass is 361 g/mol. The summed E-state index contributed by atoms with van der Waals surface area (Å²) in [6.45, 7) is 2.55. The van der Waals surface area contributed by atoms with E-state index in [0.717, 1.165) is 43.4 Å². The molecular weight excluding hydrogens is 330 g/mol. The Morgan fingerprint density at radius 2 is 2.08 bits per heavy atom. The number of nitrogens with one attached hydrogen (secondary N) is 2. The molecule has 1 spiro atoms. The van der Waals surface area contributed by atoms with E-state index >= 15 is 0 Å². The first-order valence-corrected chi connectivity index (χ1v) is 10.1. The first-order valence-electron chi connectivity index (χ1n) is 10.1. The van der Waals surface area contributed by atoms with Gasteiger partial charge in [-0.3, -0.25) is 14.5 Å². The summed E-state index contributed by atoms with van der Waals surface area (Å²) in [5.41, 5.74) is 0.633. The highest BCUT2D eigenvalue weighted by atomic mass is 16.2. The average Bonchev–Trinajstić information content (AvgIpc) is 2.87. The average molecular weight is 361 g/mol. The van der Waals surface area contributed by atoms with E-state index in [0.29, 0.717) is 25.3 Å². The second-order valence-electron chi connectivity index (χ2n) is 7.96. The van der Waals surface area contributed by atoms with Crippen LogP contribution in [0.3, 0.4) is 0 Å². The van der Waals surface area contributed by atoms with Crippen molar-refractivity contribution in [2.45, 2.75) is 76.7 Å². The van der Waals surface area contributed by atoms with Crippen molar-refractivity contribution in [2.75, 3.05) is 13.1 Å². The predicted octanol–water partition coefficient (Wildman–Crippen LogP) is 2.88. The molecule has 1 saturated heterocycles. The van der Waals surface area contributed by atoms with Crippen LogP contribution in [0.15, 0.2) is 11.6 Å². The molecule has 6 heteroatoms. The molecule has 1 saturated carbocycles. The maximum Gasteiger partial charge on any atom is 0.325 e. The normalized spacial score (nSPS) is 28.9. The van der Waals surface area contributed by atoms with Crippen molar-refractivity contribution in [2.24, 2.45) is 5.92 Å². The van der Waals surface area contributed by atoms with Crippen molar-refractivity contribution in [3.8, 4) is 0 Å². The van der Waals surface area contributed by atoms with Gasteiger partial charge in [-0.25, -0.2) is 4.79 Å². The summed E-state index contributed by atoms with van der Waals surface area (Å²) >= 11 is 0. The molecule has 4 amide bonds. The molecule has 0 unspecified atom stereocenters. The van der Waals surface area contributed by atoms with Gasteiger partial charge in [-0.2, -0.15) is 0 Å². The summed E-state index contributed by atoms with van der Waals surface area (Å²) in [6, 6.07) is -0.421. The van der Waals surface area contributed by atoms with Crippen LogP contribution in [-0.4, -0.2) is 41.4 Å². The number of allylic oxidation sites excluding steroid dienone is 1. The maximum atomic E-state index is 12.8. The summed E-state index contributed by atoms with van der Waals surface area (Å²) < 4.78 is 0. The zero-order valence-electron chi connectivity index (χ0n) is 15.8. The fraction of sp³-hybridized carbons (Fsp3) is 0.750. The van der Waals surface area contributed by atoms with E-state index < -0.39 is 11.6 Å². The van der Waals surface area contributed by atoms with Crippen molar-refractivity contribution in [3.63, 3.8) is 0 Å². The highest BCUT2D eigenvalue weighted by molar-refractivity contribution is 6.09. The molecule has 1 heterocycles. The van der Waals surface area contributed by atoms with Crippen molar-refractivity contribution in [1.29, 1.82) is 0 Å². The highest BCUT2D eigenvalue weighted by Gasteiger charge is 2.52. The number of amides is 4. The van der Waals surface area contributed by atoms with E-state index in [1.807, 2.05) is 0 Å². The van der Waals surface area contributed by atoms with Crippen LogP contribution in [0, 0.1) is 5.92 Å². The summed E-state index contributed by atoms with van der Waals surface area (Å²) in [5.74, 6) is 0.156. The molecule has 0 atom stereocenters. The molecule has 26 heavy (non-hydrogen) atoms. The maximum absolute atomic E-state index is 12.8. The third kappa shape index (κ3) is 4.10. The molecule has 2 fully saturated rings. The first kappa shape index (κ1) is 18.9. The molecule has 144 valence electrons. The molecule has 3 rings (SSSR count). The molecule has 1 aliphatic heterocycles.